The predicted octanol–water partition coefficient (Wildman–Crippen LogP) is 2.63. The molecule has 0 N–H and O–H groups in total. The lowest BCUT2D eigenvalue weighted by Crippen LogP contribution is -2.47. The van der Waals surface area contributed by atoms with Gasteiger partial charge in [-0.25, -0.2) is 0 Å². The first kappa shape index (κ1) is 22.7. The molecule has 0 amide bonds. The average molecular weight is 444 g/mol. The number of hydrogen-bond acceptors (Lipinski definition) is 8. The van der Waals surface area contributed by atoms with Crippen LogP contribution in [0, 0.1) is 0 Å². The molecule has 0 saturated carbocycles. The second-order valence-electron chi connectivity index (χ2n) is 7.96. The molecule has 1 fully saturated rings. The van der Waals surface area contributed by atoms with Gasteiger partial charge in [-0.3, -0.25) is 9.59 Å². The maximum atomic E-state index is 11.4. The Labute approximate surface area is 187 Å². The van der Waals surface area contributed by atoms with Crippen molar-refractivity contribution in [1.82, 2.24) is 0 Å². The second-order valence-corrected chi connectivity index (χ2v) is 7.96. The summed E-state index contributed by atoms with van der Waals surface area (Å²) in [6, 6.07) is 9.79. The molecule has 0 aromatic heterocycles. The smallest absolute Gasteiger partial charge is 0.303 e. The SMILES string of the molecule is CC(=O)OC[C@H]1O[C@@H](CC2=CCO[C@@H]3CO[C@@H](c4ccccc4)O[C@@H]23)C=C[C@@H]1OC(C)=O. The average Bonchev–Trinajstić information content (AvgIpc) is 2.79. The molecule has 8 heteroatoms. The van der Waals surface area contributed by atoms with Crippen molar-refractivity contribution in [2.24, 2.45) is 0 Å². The molecule has 0 unspecified atom stereocenters. The third-order valence-corrected chi connectivity index (χ3v) is 5.53. The van der Waals surface area contributed by atoms with Crippen molar-refractivity contribution in [2.45, 2.75) is 57.1 Å². The molecule has 0 spiro atoms. The van der Waals surface area contributed by atoms with Gasteiger partial charge in [0.05, 0.1) is 19.3 Å². The van der Waals surface area contributed by atoms with E-state index in [0.717, 1.165) is 11.1 Å². The van der Waals surface area contributed by atoms with Gasteiger partial charge in [0.1, 0.15) is 31.0 Å². The minimum atomic E-state index is -0.610. The summed E-state index contributed by atoms with van der Waals surface area (Å²) in [4.78, 5) is 22.7. The van der Waals surface area contributed by atoms with Gasteiger partial charge in [-0.1, -0.05) is 42.5 Å². The summed E-state index contributed by atoms with van der Waals surface area (Å²) in [5.41, 5.74) is 2.02. The molecule has 1 aromatic carbocycles. The number of fused-ring (bicyclic) bond motifs is 1. The highest BCUT2D eigenvalue weighted by atomic mass is 16.7. The van der Waals surface area contributed by atoms with Crippen LogP contribution in [0.1, 0.15) is 32.1 Å². The van der Waals surface area contributed by atoms with Gasteiger partial charge in [0.25, 0.3) is 0 Å². The topological polar surface area (TPSA) is 89.5 Å². The zero-order valence-corrected chi connectivity index (χ0v) is 18.2. The highest BCUT2D eigenvalue weighted by molar-refractivity contribution is 5.66. The summed E-state index contributed by atoms with van der Waals surface area (Å²) >= 11 is 0. The van der Waals surface area contributed by atoms with Gasteiger partial charge in [-0.15, -0.1) is 0 Å². The van der Waals surface area contributed by atoms with Gasteiger partial charge < -0.3 is 28.4 Å². The molecule has 4 rings (SSSR count). The third-order valence-electron chi connectivity index (χ3n) is 5.53. The third kappa shape index (κ3) is 5.63. The van der Waals surface area contributed by atoms with Crippen molar-refractivity contribution in [3.05, 3.63) is 59.7 Å². The van der Waals surface area contributed by atoms with Crippen LogP contribution in [0.5, 0.6) is 0 Å². The quantitative estimate of drug-likeness (QED) is 0.489. The van der Waals surface area contributed by atoms with Crippen LogP contribution in [-0.4, -0.2) is 62.3 Å². The van der Waals surface area contributed by atoms with Crippen LogP contribution < -0.4 is 0 Å². The second kappa shape index (κ2) is 10.4. The van der Waals surface area contributed by atoms with E-state index < -0.39 is 30.4 Å². The van der Waals surface area contributed by atoms with Crippen LogP contribution in [0.3, 0.4) is 0 Å². The summed E-state index contributed by atoms with van der Waals surface area (Å²) in [5, 5.41) is 0. The van der Waals surface area contributed by atoms with Gasteiger partial charge in [0.15, 0.2) is 6.29 Å². The Kier molecular flexibility index (Phi) is 7.36. The number of rotatable bonds is 6. The van der Waals surface area contributed by atoms with Crippen LogP contribution in [0.2, 0.25) is 0 Å². The van der Waals surface area contributed by atoms with E-state index in [2.05, 4.69) is 0 Å². The van der Waals surface area contributed by atoms with E-state index in [1.165, 1.54) is 13.8 Å². The molecule has 3 heterocycles. The lowest BCUT2D eigenvalue weighted by molar-refractivity contribution is -0.259. The molecule has 8 nitrogen and oxygen atoms in total. The fraction of sp³-hybridized carbons (Fsp3) is 0.500. The molecule has 1 aromatic rings. The molecule has 32 heavy (non-hydrogen) atoms. The first-order valence-corrected chi connectivity index (χ1v) is 10.8. The highest BCUT2D eigenvalue weighted by Crippen LogP contribution is 2.35. The Morgan fingerprint density at radius 1 is 1.03 bits per heavy atom. The Balaban J connectivity index is 1.44. The molecule has 0 radical (unpaired) electrons. The summed E-state index contributed by atoms with van der Waals surface area (Å²) < 4.78 is 34.5. The normalized spacial score (nSPS) is 31.9. The van der Waals surface area contributed by atoms with E-state index in [1.54, 1.807) is 6.08 Å². The predicted molar refractivity (Wildman–Crippen MR) is 112 cm³/mol. The van der Waals surface area contributed by atoms with Crippen LogP contribution >= 0.6 is 0 Å². The van der Waals surface area contributed by atoms with E-state index in [4.69, 9.17) is 28.4 Å². The molecule has 3 aliphatic heterocycles. The van der Waals surface area contributed by atoms with Crippen LogP contribution in [0.15, 0.2) is 54.1 Å². The van der Waals surface area contributed by atoms with E-state index >= 15 is 0 Å². The van der Waals surface area contributed by atoms with Gasteiger partial charge in [-0.2, -0.15) is 0 Å². The monoisotopic (exact) mass is 444 g/mol. The maximum Gasteiger partial charge on any atom is 0.303 e. The molecule has 0 bridgehead atoms. The van der Waals surface area contributed by atoms with Crippen LogP contribution in [0.25, 0.3) is 0 Å². The first-order chi connectivity index (χ1) is 15.5. The number of carbonyl (C=O) groups excluding carboxylic acids is 2. The molecule has 6 atom stereocenters. The number of benzene rings is 1. The van der Waals surface area contributed by atoms with Gasteiger partial charge in [0.2, 0.25) is 0 Å². The van der Waals surface area contributed by atoms with E-state index in [1.807, 2.05) is 42.5 Å². The Morgan fingerprint density at radius 2 is 1.84 bits per heavy atom. The fourth-order valence-corrected chi connectivity index (χ4v) is 4.06. The standard InChI is InChI=1S/C24H28O8/c1-15(25)28-13-21-20(30-16(2)26)9-8-19(31-21)12-18-10-11-27-22-14-29-24(32-23(18)22)17-6-4-3-5-7-17/h3-10,19-24H,11-14H2,1-2H3/t19-,20+,21-,22-,23+,24-/m1/s1. The van der Waals surface area contributed by atoms with Crippen molar-refractivity contribution in [1.29, 1.82) is 0 Å². The summed E-state index contributed by atoms with van der Waals surface area (Å²) in [5.74, 6) is -0.842. The number of esters is 2. The largest absolute Gasteiger partial charge is 0.463 e. The molecular formula is C24H28O8. The Morgan fingerprint density at radius 3 is 2.59 bits per heavy atom. The van der Waals surface area contributed by atoms with Crippen LogP contribution in [-0.2, 0) is 38.0 Å². The minimum absolute atomic E-state index is 0.00273. The zero-order valence-electron chi connectivity index (χ0n) is 18.2. The zero-order chi connectivity index (χ0) is 22.5. The van der Waals surface area contributed by atoms with E-state index in [-0.39, 0.29) is 24.9 Å². The lowest BCUT2D eigenvalue weighted by atomic mass is 9.94. The minimum Gasteiger partial charge on any atom is -0.463 e. The van der Waals surface area contributed by atoms with Crippen molar-refractivity contribution in [3.8, 4) is 0 Å². The molecular weight excluding hydrogens is 416 g/mol. The Bertz CT molecular complexity index is 864. The van der Waals surface area contributed by atoms with E-state index in [0.29, 0.717) is 19.6 Å². The molecule has 172 valence electrons. The number of hydrogen-bond donors (Lipinski definition) is 0. The van der Waals surface area contributed by atoms with Gasteiger partial charge in [-0.05, 0) is 11.6 Å². The van der Waals surface area contributed by atoms with Crippen molar-refractivity contribution >= 4 is 11.9 Å². The highest BCUT2D eigenvalue weighted by Gasteiger charge is 2.39. The fourth-order valence-electron chi connectivity index (χ4n) is 4.06. The maximum absolute atomic E-state index is 11.4. The number of carbonyl (C=O) groups is 2. The Hall–Kier alpha value is -2.52. The van der Waals surface area contributed by atoms with E-state index in [9.17, 15) is 9.59 Å². The van der Waals surface area contributed by atoms with Gasteiger partial charge in [0, 0.05) is 25.8 Å². The summed E-state index contributed by atoms with van der Waals surface area (Å²) in [6.07, 6.45) is 3.88. The number of ether oxygens (including phenoxy) is 6. The van der Waals surface area contributed by atoms with Gasteiger partial charge >= 0.3 is 11.9 Å². The van der Waals surface area contributed by atoms with Crippen molar-refractivity contribution in [2.75, 3.05) is 19.8 Å². The first-order valence-electron chi connectivity index (χ1n) is 10.8. The molecule has 0 aliphatic carbocycles. The lowest BCUT2D eigenvalue weighted by Gasteiger charge is -2.41. The van der Waals surface area contributed by atoms with Crippen LogP contribution in [0.4, 0.5) is 0 Å². The summed E-state index contributed by atoms with van der Waals surface area (Å²) in [6.45, 7) is 3.58. The van der Waals surface area contributed by atoms with Crippen molar-refractivity contribution in [3.63, 3.8) is 0 Å². The molecule has 1 saturated heterocycles. The van der Waals surface area contributed by atoms with Crippen molar-refractivity contribution < 1.29 is 38.0 Å². The molecule has 3 aliphatic rings. The summed E-state index contributed by atoms with van der Waals surface area (Å²) in [7, 11) is 0.